The molecule has 1 heterocycles. The maximum absolute atomic E-state index is 11.0. The zero-order valence-electron chi connectivity index (χ0n) is 9.19. The molecule has 0 aliphatic carbocycles. The number of hydrogen-bond donors (Lipinski definition) is 1. The van der Waals surface area contributed by atoms with Crippen molar-refractivity contribution in [2.45, 2.75) is 31.3 Å². The third kappa shape index (κ3) is 2.25. The second-order valence-electron chi connectivity index (χ2n) is 4.24. The minimum atomic E-state index is -0.800. The fourth-order valence-electron chi connectivity index (χ4n) is 2.31. The van der Waals surface area contributed by atoms with Gasteiger partial charge in [-0.2, -0.15) is 0 Å². The van der Waals surface area contributed by atoms with Crippen molar-refractivity contribution in [2.75, 3.05) is 6.61 Å². The summed E-state index contributed by atoms with van der Waals surface area (Å²) in [5.41, 5.74) is 0.378. The summed E-state index contributed by atoms with van der Waals surface area (Å²) in [5.74, 6) is -0.800. The van der Waals surface area contributed by atoms with Gasteiger partial charge in [0.2, 0.25) is 0 Å². The number of carboxylic acids is 1. The molecule has 1 unspecified atom stereocenters. The molecule has 1 fully saturated rings. The fraction of sp³-hybridized carbons (Fsp3) is 0.462. The lowest BCUT2D eigenvalue weighted by molar-refractivity contribution is -0.151. The topological polar surface area (TPSA) is 46.5 Å². The summed E-state index contributed by atoms with van der Waals surface area (Å²) in [4.78, 5) is 11.0. The van der Waals surface area contributed by atoms with Gasteiger partial charge in [0.05, 0.1) is 6.42 Å². The molecule has 86 valence electrons. The van der Waals surface area contributed by atoms with Gasteiger partial charge in [0.1, 0.15) is 5.60 Å². The van der Waals surface area contributed by atoms with Crippen molar-refractivity contribution in [3.63, 3.8) is 0 Å². The maximum atomic E-state index is 11.0. The summed E-state index contributed by atoms with van der Waals surface area (Å²) >= 11 is 0. The van der Waals surface area contributed by atoms with Gasteiger partial charge in [-0.1, -0.05) is 30.3 Å². The van der Waals surface area contributed by atoms with Crippen LogP contribution in [0.4, 0.5) is 0 Å². The molecule has 2 rings (SSSR count). The summed E-state index contributed by atoms with van der Waals surface area (Å²) < 4.78 is 5.78. The molecular formula is C13H16O3. The van der Waals surface area contributed by atoms with Crippen LogP contribution in [0.5, 0.6) is 0 Å². The van der Waals surface area contributed by atoms with Crippen LogP contribution < -0.4 is 0 Å². The van der Waals surface area contributed by atoms with Crippen molar-refractivity contribution in [3.8, 4) is 0 Å². The first-order valence-electron chi connectivity index (χ1n) is 5.64. The van der Waals surface area contributed by atoms with E-state index in [4.69, 9.17) is 9.84 Å². The van der Waals surface area contributed by atoms with Crippen molar-refractivity contribution in [2.24, 2.45) is 0 Å². The molecule has 0 amide bonds. The van der Waals surface area contributed by atoms with Crippen molar-refractivity contribution in [3.05, 3.63) is 35.9 Å². The monoisotopic (exact) mass is 220 g/mol. The maximum Gasteiger partial charge on any atom is 0.306 e. The van der Waals surface area contributed by atoms with Crippen LogP contribution >= 0.6 is 0 Å². The Morgan fingerprint density at radius 1 is 1.31 bits per heavy atom. The third-order valence-electron chi connectivity index (χ3n) is 3.09. The van der Waals surface area contributed by atoms with Crippen LogP contribution in [0.15, 0.2) is 30.3 Å². The first kappa shape index (κ1) is 11.1. The zero-order valence-corrected chi connectivity index (χ0v) is 9.19. The summed E-state index contributed by atoms with van der Waals surface area (Å²) in [6.07, 6.45) is 2.90. The lowest BCUT2D eigenvalue weighted by Crippen LogP contribution is -2.35. The molecule has 1 aliphatic rings. The minimum absolute atomic E-state index is 0.0526. The van der Waals surface area contributed by atoms with Gasteiger partial charge < -0.3 is 9.84 Å². The second kappa shape index (κ2) is 4.66. The number of carbonyl (C=O) groups is 1. The van der Waals surface area contributed by atoms with Gasteiger partial charge in [-0.3, -0.25) is 4.79 Å². The Kier molecular flexibility index (Phi) is 3.25. The van der Waals surface area contributed by atoms with E-state index in [0.29, 0.717) is 6.61 Å². The highest BCUT2D eigenvalue weighted by Gasteiger charge is 2.37. The van der Waals surface area contributed by atoms with Gasteiger partial charge >= 0.3 is 5.97 Å². The first-order valence-corrected chi connectivity index (χ1v) is 5.64. The molecule has 0 spiro atoms. The van der Waals surface area contributed by atoms with Crippen molar-refractivity contribution >= 4 is 5.97 Å². The van der Waals surface area contributed by atoms with Crippen molar-refractivity contribution in [1.82, 2.24) is 0 Å². The van der Waals surface area contributed by atoms with E-state index in [1.807, 2.05) is 30.3 Å². The van der Waals surface area contributed by atoms with Crippen LogP contribution in [0.2, 0.25) is 0 Å². The second-order valence-corrected chi connectivity index (χ2v) is 4.24. The standard InChI is InChI=1S/C13H16O3/c14-12(15)10-13(8-4-5-9-16-13)11-6-2-1-3-7-11/h1-3,6-7H,4-5,8-10H2,(H,14,15). The molecule has 0 aromatic heterocycles. The van der Waals surface area contributed by atoms with Crippen LogP contribution in [0.1, 0.15) is 31.2 Å². The molecule has 1 saturated heterocycles. The molecule has 1 aromatic carbocycles. The Hall–Kier alpha value is -1.35. The van der Waals surface area contributed by atoms with Crippen LogP contribution in [0, 0.1) is 0 Å². The minimum Gasteiger partial charge on any atom is -0.481 e. The molecule has 1 aliphatic heterocycles. The molecular weight excluding hydrogens is 204 g/mol. The van der Waals surface area contributed by atoms with E-state index in [9.17, 15) is 4.79 Å². The Morgan fingerprint density at radius 2 is 2.06 bits per heavy atom. The molecule has 0 radical (unpaired) electrons. The van der Waals surface area contributed by atoms with E-state index in [0.717, 1.165) is 24.8 Å². The van der Waals surface area contributed by atoms with Gasteiger partial charge in [0.25, 0.3) is 0 Å². The van der Waals surface area contributed by atoms with E-state index in [1.54, 1.807) is 0 Å². The number of hydrogen-bond acceptors (Lipinski definition) is 2. The average molecular weight is 220 g/mol. The highest BCUT2D eigenvalue weighted by Crippen LogP contribution is 2.38. The number of carboxylic acid groups (broad SMARTS) is 1. The highest BCUT2D eigenvalue weighted by atomic mass is 16.5. The summed E-state index contributed by atoms with van der Waals surface area (Å²) in [7, 11) is 0. The van der Waals surface area contributed by atoms with Gasteiger partial charge in [0.15, 0.2) is 0 Å². The Bertz CT molecular complexity index is 353. The van der Waals surface area contributed by atoms with E-state index in [2.05, 4.69) is 0 Å². The molecule has 1 aromatic rings. The Balaban J connectivity index is 2.29. The van der Waals surface area contributed by atoms with Crippen LogP contribution in [-0.4, -0.2) is 17.7 Å². The van der Waals surface area contributed by atoms with Crippen LogP contribution in [-0.2, 0) is 15.1 Å². The smallest absolute Gasteiger partial charge is 0.306 e. The third-order valence-corrected chi connectivity index (χ3v) is 3.09. The predicted octanol–water partition coefficient (Wildman–Crippen LogP) is 2.56. The predicted molar refractivity (Wildman–Crippen MR) is 60.2 cm³/mol. The SMILES string of the molecule is O=C(O)CC1(c2ccccc2)CCCCO1. The molecule has 0 bridgehead atoms. The van der Waals surface area contributed by atoms with Gasteiger partial charge in [0, 0.05) is 6.61 Å². The lowest BCUT2D eigenvalue weighted by Gasteiger charge is -2.36. The molecule has 3 nitrogen and oxygen atoms in total. The molecule has 1 atom stereocenters. The zero-order chi connectivity index (χ0) is 11.4. The molecule has 1 N–H and O–H groups in total. The van der Waals surface area contributed by atoms with Crippen molar-refractivity contribution < 1.29 is 14.6 Å². The fourth-order valence-corrected chi connectivity index (χ4v) is 2.31. The van der Waals surface area contributed by atoms with Gasteiger partial charge in [-0.15, -0.1) is 0 Å². The van der Waals surface area contributed by atoms with E-state index in [-0.39, 0.29) is 6.42 Å². The molecule has 3 heteroatoms. The summed E-state index contributed by atoms with van der Waals surface area (Å²) in [6.45, 7) is 0.655. The van der Waals surface area contributed by atoms with Crippen LogP contribution in [0.25, 0.3) is 0 Å². The Labute approximate surface area is 95.0 Å². The van der Waals surface area contributed by atoms with Gasteiger partial charge in [-0.25, -0.2) is 0 Å². The highest BCUT2D eigenvalue weighted by molar-refractivity contribution is 5.68. The number of ether oxygens (including phenoxy) is 1. The number of benzene rings is 1. The molecule has 0 saturated carbocycles. The van der Waals surface area contributed by atoms with E-state index in [1.165, 1.54) is 0 Å². The largest absolute Gasteiger partial charge is 0.481 e. The van der Waals surface area contributed by atoms with E-state index < -0.39 is 11.6 Å². The molecule has 16 heavy (non-hydrogen) atoms. The quantitative estimate of drug-likeness (QED) is 0.851. The number of rotatable bonds is 3. The average Bonchev–Trinajstić information content (AvgIpc) is 2.30. The summed E-state index contributed by atoms with van der Waals surface area (Å²) in [6, 6.07) is 9.69. The van der Waals surface area contributed by atoms with E-state index >= 15 is 0 Å². The van der Waals surface area contributed by atoms with Gasteiger partial charge in [-0.05, 0) is 24.8 Å². The Morgan fingerprint density at radius 3 is 2.62 bits per heavy atom. The van der Waals surface area contributed by atoms with Crippen LogP contribution in [0.3, 0.4) is 0 Å². The normalized spacial score (nSPS) is 25.2. The van der Waals surface area contributed by atoms with Crippen molar-refractivity contribution in [1.29, 1.82) is 0 Å². The number of aliphatic carboxylic acids is 1. The first-order chi connectivity index (χ1) is 7.73. The lowest BCUT2D eigenvalue weighted by atomic mass is 9.84. The summed E-state index contributed by atoms with van der Waals surface area (Å²) in [5, 5.41) is 9.01.